The summed E-state index contributed by atoms with van der Waals surface area (Å²) >= 11 is 0. The summed E-state index contributed by atoms with van der Waals surface area (Å²) in [4.78, 5) is 4.19. The van der Waals surface area contributed by atoms with E-state index in [9.17, 15) is 4.39 Å². The van der Waals surface area contributed by atoms with Gasteiger partial charge in [0.15, 0.2) is 0 Å². The first-order chi connectivity index (χ1) is 8.70. The zero-order valence-corrected chi connectivity index (χ0v) is 10.6. The summed E-state index contributed by atoms with van der Waals surface area (Å²) in [7, 11) is 0. The summed E-state index contributed by atoms with van der Waals surface area (Å²) in [6.45, 7) is 5.44. The van der Waals surface area contributed by atoms with Crippen LogP contribution in [0.25, 0.3) is 0 Å². The molecule has 1 heterocycles. The second-order valence-electron chi connectivity index (χ2n) is 4.15. The van der Waals surface area contributed by atoms with Gasteiger partial charge < -0.3 is 5.32 Å². The Morgan fingerprint density at radius 3 is 3.00 bits per heavy atom. The number of aryl methyl sites for hydroxylation is 1. The number of hydrogen-bond acceptors (Lipinski definition) is 3. The van der Waals surface area contributed by atoms with E-state index in [1.165, 1.54) is 6.07 Å². The smallest absolute Gasteiger partial charge is 0.140 e. The van der Waals surface area contributed by atoms with Crippen molar-refractivity contribution < 1.29 is 4.39 Å². The third-order valence-electron chi connectivity index (χ3n) is 2.91. The minimum Gasteiger partial charge on any atom is -0.303 e. The molecule has 2 rings (SSSR count). The lowest BCUT2D eigenvalue weighted by atomic mass is 10.1. The van der Waals surface area contributed by atoms with E-state index < -0.39 is 0 Å². The highest BCUT2D eigenvalue weighted by Crippen LogP contribution is 2.13. The molecule has 1 atom stereocenters. The highest BCUT2D eigenvalue weighted by atomic mass is 19.1. The molecule has 0 bridgehead atoms. The van der Waals surface area contributed by atoms with E-state index in [0.29, 0.717) is 6.54 Å². The van der Waals surface area contributed by atoms with E-state index in [-0.39, 0.29) is 11.9 Å². The average molecular weight is 248 g/mol. The van der Waals surface area contributed by atoms with Crippen molar-refractivity contribution in [2.75, 3.05) is 0 Å². The molecule has 0 spiro atoms. The second-order valence-corrected chi connectivity index (χ2v) is 4.15. The normalized spacial score (nSPS) is 12.6. The van der Waals surface area contributed by atoms with Gasteiger partial charge in [-0.2, -0.15) is 5.10 Å². The molecule has 0 saturated carbocycles. The number of rotatable bonds is 5. The van der Waals surface area contributed by atoms with Gasteiger partial charge in [0.05, 0.1) is 6.54 Å². The molecular weight excluding hydrogens is 231 g/mol. The molecule has 0 unspecified atom stereocenters. The monoisotopic (exact) mass is 248 g/mol. The fourth-order valence-electron chi connectivity index (χ4n) is 1.83. The van der Waals surface area contributed by atoms with Crippen molar-refractivity contribution in [3.05, 3.63) is 47.8 Å². The van der Waals surface area contributed by atoms with Crippen LogP contribution in [0.5, 0.6) is 0 Å². The number of halogens is 1. The summed E-state index contributed by atoms with van der Waals surface area (Å²) in [6, 6.07) is 6.69. The SMILES string of the molecule is CCn1ncnc1CN[C@@H](C)c1cccc(F)c1. The van der Waals surface area contributed by atoms with E-state index in [1.807, 2.05) is 24.6 Å². The Kier molecular flexibility index (Phi) is 4.04. The van der Waals surface area contributed by atoms with Crippen LogP contribution in [0.1, 0.15) is 31.3 Å². The highest BCUT2D eigenvalue weighted by molar-refractivity contribution is 5.19. The van der Waals surface area contributed by atoms with Gasteiger partial charge in [0.2, 0.25) is 0 Å². The Morgan fingerprint density at radius 2 is 2.28 bits per heavy atom. The molecule has 1 N–H and O–H groups in total. The molecule has 5 heteroatoms. The first kappa shape index (κ1) is 12.7. The fraction of sp³-hybridized carbons (Fsp3) is 0.385. The summed E-state index contributed by atoms with van der Waals surface area (Å²) in [5.74, 6) is 0.679. The molecule has 0 aliphatic heterocycles. The van der Waals surface area contributed by atoms with Crippen LogP contribution in [0, 0.1) is 5.82 Å². The molecule has 0 radical (unpaired) electrons. The van der Waals surface area contributed by atoms with Crippen LogP contribution in [-0.2, 0) is 13.1 Å². The molecule has 0 aliphatic rings. The number of aromatic nitrogens is 3. The maximum absolute atomic E-state index is 13.1. The van der Waals surface area contributed by atoms with Gasteiger partial charge in [0, 0.05) is 12.6 Å². The Morgan fingerprint density at radius 1 is 1.44 bits per heavy atom. The molecule has 2 aromatic rings. The molecule has 0 aliphatic carbocycles. The van der Waals surface area contributed by atoms with E-state index in [2.05, 4.69) is 15.4 Å². The van der Waals surface area contributed by atoms with Crippen LogP contribution in [0.2, 0.25) is 0 Å². The van der Waals surface area contributed by atoms with Gasteiger partial charge in [0.25, 0.3) is 0 Å². The standard InChI is InChI=1S/C13H17FN4/c1-3-18-13(16-9-17-18)8-15-10(2)11-5-4-6-12(14)7-11/h4-7,9-10,15H,3,8H2,1-2H3/t10-/m0/s1. The van der Waals surface area contributed by atoms with Crippen molar-refractivity contribution in [3.8, 4) is 0 Å². The van der Waals surface area contributed by atoms with Gasteiger partial charge in [0.1, 0.15) is 18.0 Å². The molecule has 4 nitrogen and oxygen atoms in total. The fourth-order valence-corrected chi connectivity index (χ4v) is 1.83. The zero-order valence-electron chi connectivity index (χ0n) is 10.6. The van der Waals surface area contributed by atoms with Crippen molar-refractivity contribution in [3.63, 3.8) is 0 Å². The number of hydrogen-bond donors (Lipinski definition) is 1. The third-order valence-corrected chi connectivity index (χ3v) is 2.91. The Hall–Kier alpha value is -1.75. The Labute approximate surface area is 106 Å². The maximum Gasteiger partial charge on any atom is 0.140 e. The second kappa shape index (κ2) is 5.73. The van der Waals surface area contributed by atoms with Crippen LogP contribution in [0.4, 0.5) is 4.39 Å². The van der Waals surface area contributed by atoms with E-state index in [4.69, 9.17) is 0 Å². The predicted octanol–water partition coefficient (Wildman–Crippen LogP) is 2.29. The van der Waals surface area contributed by atoms with Gasteiger partial charge >= 0.3 is 0 Å². The topological polar surface area (TPSA) is 42.7 Å². The van der Waals surface area contributed by atoms with E-state index in [0.717, 1.165) is 17.9 Å². The van der Waals surface area contributed by atoms with Crippen LogP contribution in [-0.4, -0.2) is 14.8 Å². The predicted molar refractivity (Wildman–Crippen MR) is 67.4 cm³/mol. The van der Waals surface area contributed by atoms with Gasteiger partial charge in [-0.1, -0.05) is 12.1 Å². The number of nitrogens with one attached hydrogen (secondary N) is 1. The van der Waals surface area contributed by atoms with Crippen molar-refractivity contribution in [1.29, 1.82) is 0 Å². The van der Waals surface area contributed by atoms with Crippen LogP contribution >= 0.6 is 0 Å². The van der Waals surface area contributed by atoms with Crippen molar-refractivity contribution in [1.82, 2.24) is 20.1 Å². The number of nitrogens with zero attached hydrogens (tertiary/aromatic N) is 3. The highest BCUT2D eigenvalue weighted by Gasteiger charge is 2.08. The molecule has 18 heavy (non-hydrogen) atoms. The van der Waals surface area contributed by atoms with Crippen LogP contribution in [0.3, 0.4) is 0 Å². The summed E-state index contributed by atoms with van der Waals surface area (Å²) in [5.41, 5.74) is 0.928. The lowest BCUT2D eigenvalue weighted by molar-refractivity contribution is 0.520. The minimum absolute atomic E-state index is 0.0720. The third kappa shape index (κ3) is 2.92. The van der Waals surface area contributed by atoms with Gasteiger partial charge in [-0.05, 0) is 31.5 Å². The van der Waals surface area contributed by atoms with E-state index >= 15 is 0 Å². The lowest BCUT2D eigenvalue weighted by Crippen LogP contribution is -2.21. The van der Waals surface area contributed by atoms with Gasteiger partial charge in [-0.15, -0.1) is 0 Å². The van der Waals surface area contributed by atoms with Gasteiger partial charge in [-0.25, -0.2) is 14.1 Å². The molecule has 96 valence electrons. The molecular formula is C13H17FN4. The Bertz CT molecular complexity index is 509. The quantitative estimate of drug-likeness (QED) is 0.882. The molecule has 0 saturated heterocycles. The first-order valence-corrected chi connectivity index (χ1v) is 6.06. The van der Waals surface area contributed by atoms with Gasteiger partial charge in [-0.3, -0.25) is 0 Å². The Balaban J connectivity index is 1.98. The average Bonchev–Trinajstić information content (AvgIpc) is 2.83. The van der Waals surface area contributed by atoms with E-state index in [1.54, 1.807) is 18.5 Å². The minimum atomic E-state index is -0.210. The maximum atomic E-state index is 13.1. The van der Waals surface area contributed by atoms with Crippen molar-refractivity contribution in [2.24, 2.45) is 0 Å². The molecule has 1 aromatic carbocycles. The lowest BCUT2D eigenvalue weighted by Gasteiger charge is -2.14. The first-order valence-electron chi connectivity index (χ1n) is 6.06. The molecule has 0 amide bonds. The zero-order chi connectivity index (χ0) is 13.0. The summed E-state index contributed by atoms with van der Waals surface area (Å²) in [6.07, 6.45) is 1.55. The van der Waals surface area contributed by atoms with Crippen molar-refractivity contribution in [2.45, 2.75) is 33.0 Å². The van der Waals surface area contributed by atoms with Crippen LogP contribution in [0.15, 0.2) is 30.6 Å². The number of benzene rings is 1. The molecule has 1 aromatic heterocycles. The molecule has 0 fully saturated rings. The summed E-state index contributed by atoms with van der Waals surface area (Å²) < 4.78 is 14.9. The van der Waals surface area contributed by atoms with Crippen molar-refractivity contribution >= 4 is 0 Å². The summed E-state index contributed by atoms with van der Waals surface area (Å²) in [5, 5.41) is 7.42. The van der Waals surface area contributed by atoms with Crippen LogP contribution < -0.4 is 5.32 Å². The largest absolute Gasteiger partial charge is 0.303 e.